The maximum Gasteiger partial charge on any atom is 0.222 e. The molecular weight excluding hydrogens is 228 g/mol. The highest BCUT2D eigenvalue weighted by Gasteiger charge is 2.17. The van der Waals surface area contributed by atoms with Crippen molar-refractivity contribution in [3.63, 3.8) is 0 Å². The molecule has 0 aromatic rings. The molecule has 1 rings (SSSR count). The predicted octanol–water partition coefficient (Wildman–Crippen LogP) is 0.805. The van der Waals surface area contributed by atoms with Crippen molar-refractivity contribution in [2.75, 3.05) is 26.2 Å². The second kappa shape index (κ2) is 7.24. The molecule has 0 radical (unpaired) electrons. The van der Waals surface area contributed by atoms with Crippen molar-refractivity contribution in [3.05, 3.63) is 0 Å². The van der Waals surface area contributed by atoms with Gasteiger partial charge >= 0.3 is 0 Å². The van der Waals surface area contributed by atoms with Gasteiger partial charge in [-0.05, 0) is 18.8 Å². The number of hydrogen-bond donors (Lipinski definition) is 2. The number of carbonyl (C=O) groups excluding carboxylic acids is 1. The molecule has 1 heterocycles. The molecule has 0 aliphatic carbocycles. The van der Waals surface area contributed by atoms with Gasteiger partial charge in [0.2, 0.25) is 5.91 Å². The summed E-state index contributed by atoms with van der Waals surface area (Å²) in [4.78, 5) is 17.8. The molecule has 0 spiro atoms. The minimum absolute atomic E-state index is 0.0225. The molecule has 1 unspecified atom stereocenters. The Labute approximate surface area is 110 Å². The summed E-state index contributed by atoms with van der Waals surface area (Å²) < 4.78 is 0. The van der Waals surface area contributed by atoms with Gasteiger partial charge in [-0.25, -0.2) is 0 Å². The van der Waals surface area contributed by atoms with Crippen molar-refractivity contribution >= 4 is 11.9 Å². The number of likely N-dealkylation sites (tertiary alicyclic amines) is 1. The van der Waals surface area contributed by atoms with E-state index >= 15 is 0 Å². The fourth-order valence-corrected chi connectivity index (χ4v) is 2.05. The quantitative estimate of drug-likeness (QED) is 0.443. The zero-order chi connectivity index (χ0) is 13.5. The summed E-state index contributed by atoms with van der Waals surface area (Å²) in [5.74, 6) is 1.39. The fraction of sp³-hybridized carbons (Fsp3) is 0.846. The number of nitrogens with zero attached hydrogens (tertiary/aromatic N) is 2. The minimum Gasteiger partial charge on any atom is -0.370 e. The van der Waals surface area contributed by atoms with E-state index < -0.39 is 0 Å². The minimum atomic E-state index is 0.0225. The van der Waals surface area contributed by atoms with Gasteiger partial charge in [0.15, 0.2) is 5.96 Å². The third-order valence-corrected chi connectivity index (χ3v) is 3.19. The highest BCUT2D eigenvalue weighted by atomic mass is 16.1. The molecule has 5 heteroatoms. The Morgan fingerprint density at radius 3 is 2.89 bits per heavy atom. The Hall–Kier alpha value is -1.26. The zero-order valence-electron chi connectivity index (χ0n) is 11.8. The van der Waals surface area contributed by atoms with Crippen LogP contribution in [0.4, 0.5) is 0 Å². The lowest BCUT2D eigenvalue weighted by Crippen LogP contribution is -2.43. The molecule has 1 atom stereocenters. The first-order valence-corrected chi connectivity index (χ1v) is 6.83. The first-order valence-electron chi connectivity index (χ1n) is 6.83. The van der Waals surface area contributed by atoms with Crippen LogP contribution in [0.1, 0.15) is 33.6 Å². The molecule has 1 aliphatic rings. The predicted molar refractivity (Wildman–Crippen MR) is 74.3 cm³/mol. The van der Waals surface area contributed by atoms with Gasteiger partial charge in [0.1, 0.15) is 0 Å². The van der Waals surface area contributed by atoms with E-state index in [1.807, 2.05) is 13.8 Å². The first kappa shape index (κ1) is 14.8. The maximum atomic E-state index is 11.3. The summed E-state index contributed by atoms with van der Waals surface area (Å²) in [5.41, 5.74) is 5.95. The molecule has 0 saturated carbocycles. The monoisotopic (exact) mass is 254 g/mol. The summed E-state index contributed by atoms with van der Waals surface area (Å²) in [7, 11) is 0. The van der Waals surface area contributed by atoms with Gasteiger partial charge in [0.25, 0.3) is 0 Å². The van der Waals surface area contributed by atoms with E-state index in [0.29, 0.717) is 25.0 Å². The average molecular weight is 254 g/mol. The summed E-state index contributed by atoms with van der Waals surface area (Å²) in [6.07, 6.45) is 2.45. The van der Waals surface area contributed by atoms with E-state index in [4.69, 9.17) is 5.73 Å². The summed E-state index contributed by atoms with van der Waals surface area (Å²) in [5, 5.41) is 2.83. The third-order valence-electron chi connectivity index (χ3n) is 3.19. The standard InChI is InChI=1S/C13H26N4O/c1-10(2)12(18)15-6-7-16-13(14)17-8-4-5-11(3)9-17/h10-11H,4-9H2,1-3H3,(H2,14,16)(H,15,18). The van der Waals surface area contributed by atoms with Crippen molar-refractivity contribution < 1.29 is 4.79 Å². The molecule has 104 valence electrons. The molecule has 1 amide bonds. The number of nitrogens with one attached hydrogen (secondary N) is 1. The Kier molecular flexibility index (Phi) is 5.95. The number of rotatable bonds is 4. The second-order valence-electron chi connectivity index (χ2n) is 5.38. The van der Waals surface area contributed by atoms with Crippen LogP contribution in [0, 0.1) is 11.8 Å². The van der Waals surface area contributed by atoms with Gasteiger partial charge < -0.3 is 16.0 Å². The number of guanidine groups is 1. The smallest absolute Gasteiger partial charge is 0.222 e. The van der Waals surface area contributed by atoms with Crippen molar-refractivity contribution in [1.82, 2.24) is 10.2 Å². The highest BCUT2D eigenvalue weighted by Crippen LogP contribution is 2.14. The van der Waals surface area contributed by atoms with Crippen LogP contribution >= 0.6 is 0 Å². The number of aliphatic imine (C=N–C) groups is 1. The van der Waals surface area contributed by atoms with Crippen LogP contribution in [0.25, 0.3) is 0 Å². The molecule has 1 saturated heterocycles. The molecule has 1 fully saturated rings. The van der Waals surface area contributed by atoms with Gasteiger partial charge in [-0.1, -0.05) is 20.8 Å². The lowest BCUT2D eigenvalue weighted by atomic mass is 10.0. The number of carbonyl (C=O) groups is 1. The van der Waals surface area contributed by atoms with Crippen LogP contribution in [0.15, 0.2) is 4.99 Å². The van der Waals surface area contributed by atoms with E-state index in [-0.39, 0.29) is 11.8 Å². The van der Waals surface area contributed by atoms with Gasteiger partial charge in [0.05, 0.1) is 6.54 Å². The van der Waals surface area contributed by atoms with E-state index in [9.17, 15) is 4.79 Å². The number of nitrogens with two attached hydrogens (primary N) is 1. The third kappa shape index (κ3) is 4.94. The van der Waals surface area contributed by atoms with E-state index in [1.54, 1.807) is 0 Å². The van der Waals surface area contributed by atoms with Crippen molar-refractivity contribution in [2.45, 2.75) is 33.6 Å². The van der Waals surface area contributed by atoms with Crippen molar-refractivity contribution in [2.24, 2.45) is 22.6 Å². The molecule has 18 heavy (non-hydrogen) atoms. The van der Waals surface area contributed by atoms with Crippen LogP contribution in [0.2, 0.25) is 0 Å². The lowest BCUT2D eigenvalue weighted by Gasteiger charge is -2.31. The normalized spacial score (nSPS) is 21.2. The largest absolute Gasteiger partial charge is 0.370 e. The van der Waals surface area contributed by atoms with Crippen LogP contribution < -0.4 is 11.1 Å². The van der Waals surface area contributed by atoms with Crippen molar-refractivity contribution in [1.29, 1.82) is 0 Å². The van der Waals surface area contributed by atoms with Crippen molar-refractivity contribution in [3.8, 4) is 0 Å². The summed E-state index contributed by atoms with van der Waals surface area (Å²) in [6, 6.07) is 0. The average Bonchev–Trinajstić information content (AvgIpc) is 2.33. The number of piperidine rings is 1. The number of amides is 1. The molecule has 3 N–H and O–H groups in total. The molecule has 1 aliphatic heterocycles. The van der Waals surface area contributed by atoms with Gasteiger partial charge in [-0.3, -0.25) is 9.79 Å². The van der Waals surface area contributed by atoms with Gasteiger partial charge in [-0.2, -0.15) is 0 Å². The summed E-state index contributed by atoms with van der Waals surface area (Å²) >= 11 is 0. The van der Waals surface area contributed by atoms with Crippen LogP contribution in [-0.4, -0.2) is 42.9 Å². The molecule has 0 aromatic heterocycles. The first-order chi connectivity index (χ1) is 8.50. The Balaban J connectivity index is 2.26. The SMILES string of the molecule is CC1CCCN(C(N)=NCCNC(=O)C(C)C)C1. The van der Waals surface area contributed by atoms with Crippen LogP contribution in [0.5, 0.6) is 0 Å². The van der Waals surface area contributed by atoms with E-state index in [1.165, 1.54) is 12.8 Å². The Bertz CT molecular complexity index is 301. The maximum absolute atomic E-state index is 11.3. The Morgan fingerprint density at radius 2 is 2.28 bits per heavy atom. The lowest BCUT2D eigenvalue weighted by molar-refractivity contribution is -0.123. The highest BCUT2D eigenvalue weighted by molar-refractivity contribution is 5.79. The van der Waals surface area contributed by atoms with E-state index in [0.717, 1.165) is 13.1 Å². The summed E-state index contributed by atoms with van der Waals surface area (Å²) in [6.45, 7) is 9.09. The second-order valence-corrected chi connectivity index (χ2v) is 5.38. The topological polar surface area (TPSA) is 70.7 Å². The number of hydrogen-bond acceptors (Lipinski definition) is 2. The van der Waals surface area contributed by atoms with Crippen LogP contribution in [-0.2, 0) is 4.79 Å². The van der Waals surface area contributed by atoms with E-state index in [2.05, 4.69) is 22.1 Å². The molecule has 5 nitrogen and oxygen atoms in total. The Morgan fingerprint density at radius 1 is 1.56 bits per heavy atom. The van der Waals surface area contributed by atoms with Gasteiger partial charge in [-0.15, -0.1) is 0 Å². The zero-order valence-corrected chi connectivity index (χ0v) is 11.8. The molecule has 0 bridgehead atoms. The molecular formula is C13H26N4O. The fourth-order valence-electron chi connectivity index (χ4n) is 2.05. The van der Waals surface area contributed by atoms with Crippen LogP contribution in [0.3, 0.4) is 0 Å². The molecule has 0 aromatic carbocycles. The van der Waals surface area contributed by atoms with Gasteiger partial charge in [0, 0.05) is 25.6 Å².